The van der Waals surface area contributed by atoms with Crippen molar-refractivity contribution < 1.29 is 9.53 Å². The van der Waals surface area contributed by atoms with Gasteiger partial charge in [0.25, 0.3) is 0 Å². The number of benzene rings is 1. The Bertz CT molecular complexity index is 609. The van der Waals surface area contributed by atoms with Crippen LogP contribution in [-0.2, 0) is 4.74 Å². The lowest BCUT2D eigenvalue weighted by Gasteiger charge is -2.10. The molecule has 20 heavy (non-hydrogen) atoms. The highest BCUT2D eigenvalue weighted by molar-refractivity contribution is 5.83. The number of anilines is 3. The molecule has 0 aliphatic rings. The van der Waals surface area contributed by atoms with Gasteiger partial charge in [-0.25, -0.2) is 9.78 Å². The standard InChI is InChI=1S/C15H17N3O2/c1-10-4-5-11(2)13(8-10)17-12-6-7-14(16-9-12)18-15(19)20-3/h4-9,17H,1-3H3,(H,16,18,19). The largest absolute Gasteiger partial charge is 0.453 e. The van der Waals surface area contributed by atoms with Crippen LogP contribution in [0.2, 0.25) is 0 Å². The minimum atomic E-state index is -0.535. The minimum absolute atomic E-state index is 0.448. The van der Waals surface area contributed by atoms with E-state index in [1.807, 2.05) is 19.9 Å². The lowest BCUT2D eigenvalue weighted by Crippen LogP contribution is -2.11. The number of nitrogens with one attached hydrogen (secondary N) is 2. The van der Waals surface area contributed by atoms with Crippen molar-refractivity contribution in [1.29, 1.82) is 0 Å². The van der Waals surface area contributed by atoms with Crippen LogP contribution in [0.4, 0.5) is 22.0 Å². The monoisotopic (exact) mass is 271 g/mol. The zero-order valence-electron chi connectivity index (χ0n) is 11.7. The Hall–Kier alpha value is -2.56. The molecule has 1 aromatic heterocycles. The molecule has 0 saturated heterocycles. The summed E-state index contributed by atoms with van der Waals surface area (Å²) in [4.78, 5) is 15.2. The molecule has 0 fully saturated rings. The highest BCUT2D eigenvalue weighted by Crippen LogP contribution is 2.21. The van der Waals surface area contributed by atoms with E-state index in [-0.39, 0.29) is 0 Å². The first-order valence-electron chi connectivity index (χ1n) is 6.24. The average molecular weight is 271 g/mol. The molecule has 5 nitrogen and oxygen atoms in total. The normalized spacial score (nSPS) is 9.95. The highest BCUT2D eigenvalue weighted by Gasteiger charge is 2.03. The summed E-state index contributed by atoms with van der Waals surface area (Å²) in [7, 11) is 1.31. The molecular formula is C15H17N3O2. The second-order valence-electron chi connectivity index (χ2n) is 4.49. The summed E-state index contributed by atoms with van der Waals surface area (Å²) in [6.45, 7) is 4.09. The Labute approximate surface area is 118 Å². The third-order valence-electron chi connectivity index (χ3n) is 2.85. The van der Waals surface area contributed by atoms with Crippen LogP contribution in [0.1, 0.15) is 11.1 Å². The topological polar surface area (TPSA) is 63.2 Å². The Morgan fingerprint density at radius 2 is 2.00 bits per heavy atom. The minimum Gasteiger partial charge on any atom is -0.453 e. The van der Waals surface area contributed by atoms with Gasteiger partial charge in [0.05, 0.1) is 19.0 Å². The molecule has 1 heterocycles. The SMILES string of the molecule is COC(=O)Nc1ccc(Nc2cc(C)ccc2C)cn1. The maximum Gasteiger partial charge on any atom is 0.412 e. The molecule has 1 amide bonds. The Morgan fingerprint density at radius 1 is 1.20 bits per heavy atom. The summed E-state index contributed by atoms with van der Waals surface area (Å²) in [5.74, 6) is 0.448. The zero-order valence-corrected chi connectivity index (χ0v) is 11.7. The van der Waals surface area contributed by atoms with Crippen molar-refractivity contribution >= 4 is 23.3 Å². The number of ether oxygens (including phenoxy) is 1. The maximum absolute atomic E-state index is 11.1. The molecule has 0 spiro atoms. The highest BCUT2D eigenvalue weighted by atomic mass is 16.5. The van der Waals surface area contributed by atoms with Crippen LogP contribution >= 0.6 is 0 Å². The van der Waals surface area contributed by atoms with E-state index >= 15 is 0 Å². The molecule has 0 atom stereocenters. The summed E-state index contributed by atoms with van der Waals surface area (Å²) >= 11 is 0. The number of nitrogens with zero attached hydrogens (tertiary/aromatic N) is 1. The van der Waals surface area contributed by atoms with Gasteiger partial charge in [0, 0.05) is 5.69 Å². The van der Waals surface area contributed by atoms with Crippen LogP contribution in [-0.4, -0.2) is 18.2 Å². The predicted octanol–water partition coefficient (Wildman–Crippen LogP) is 3.62. The van der Waals surface area contributed by atoms with E-state index in [0.717, 1.165) is 16.9 Å². The molecule has 0 radical (unpaired) electrons. The number of aromatic nitrogens is 1. The number of rotatable bonds is 3. The number of hydrogen-bond acceptors (Lipinski definition) is 4. The van der Waals surface area contributed by atoms with Gasteiger partial charge < -0.3 is 10.1 Å². The van der Waals surface area contributed by atoms with E-state index in [0.29, 0.717) is 5.82 Å². The third-order valence-corrected chi connectivity index (χ3v) is 2.85. The number of methoxy groups -OCH3 is 1. The number of aryl methyl sites for hydroxylation is 2. The van der Waals surface area contributed by atoms with E-state index in [2.05, 4.69) is 38.6 Å². The lowest BCUT2D eigenvalue weighted by atomic mass is 10.1. The van der Waals surface area contributed by atoms with E-state index in [9.17, 15) is 4.79 Å². The Kier molecular flexibility index (Phi) is 4.20. The molecule has 2 aromatic rings. The summed E-state index contributed by atoms with van der Waals surface area (Å²) < 4.78 is 4.50. The summed E-state index contributed by atoms with van der Waals surface area (Å²) in [6.07, 6.45) is 1.13. The molecule has 0 aliphatic heterocycles. The molecule has 0 unspecified atom stereocenters. The van der Waals surface area contributed by atoms with Crippen molar-refractivity contribution in [2.45, 2.75) is 13.8 Å². The van der Waals surface area contributed by atoms with Crippen molar-refractivity contribution in [3.8, 4) is 0 Å². The molecular weight excluding hydrogens is 254 g/mol. The maximum atomic E-state index is 11.1. The molecule has 0 saturated carbocycles. The number of hydrogen-bond donors (Lipinski definition) is 2. The first kappa shape index (κ1) is 13.9. The summed E-state index contributed by atoms with van der Waals surface area (Å²) in [6, 6.07) is 9.78. The van der Waals surface area contributed by atoms with Gasteiger partial charge in [0.2, 0.25) is 0 Å². The number of pyridine rings is 1. The van der Waals surface area contributed by atoms with Gasteiger partial charge in [-0.1, -0.05) is 12.1 Å². The first-order chi connectivity index (χ1) is 9.58. The second-order valence-corrected chi connectivity index (χ2v) is 4.49. The summed E-state index contributed by atoms with van der Waals surface area (Å²) in [5.41, 5.74) is 4.25. The fourth-order valence-corrected chi connectivity index (χ4v) is 1.72. The van der Waals surface area contributed by atoms with E-state index < -0.39 is 6.09 Å². The Balaban J connectivity index is 2.10. The quantitative estimate of drug-likeness (QED) is 0.895. The van der Waals surface area contributed by atoms with E-state index in [1.54, 1.807) is 12.3 Å². The van der Waals surface area contributed by atoms with Gasteiger partial charge in [-0.05, 0) is 43.2 Å². The van der Waals surface area contributed by atoms with Gasteiger partial charge in [-0.15, -0.1) is 0 Å². The van der Waals surface area contributed by atoms with Gasteiger partial charge in [0.15, 0.2) is 0 Å². The zero-order chi connectivity index (χ0) is 14.5. The fourth-order valence-electron chi connectivity index (χ4n) is 1.72. The predicted molar refractivity (Wildman–Crippen MR) is 79.5 cm³/mol. The average Bonchev–Trinajstić information content (AvgIpc) is 2.45. The number of carbonyl (C=O) groups excluding carboxylic acids is 1. The van der Waals surface area contributed by atoms with Gasteiger partial charge in [-0.3, -0.25) is 5.32 Å². The van der Waals surface area contributed by atoms with Gasteiger partial charge in [-0.2, -0.15) is 0 Å². The van der Waals surface area contributed by atoms with Crippen molar-refractivity contribution in [3.63, 3.8) is 0 Å². The van der Waals surface area contributed by atoms with E-state index in [4.69, 9.17) is 0 Å². The summed E-state index contributed by atoms with van der Waals surface area (Å²) in [5, 5.41) is 5.80. The van der Waals surface area contributed by atoms with Gasteiger partial charge in [0.1, 0.15) is 5.82 Å². The van der Waals surface area contributed by atoms with E-state index in [1.165, 1.54) is 12.7 Å². The van der Waals surface area contributed by atoms with Crippen molar-refractivity contribution in [1.82, 2.24) is 4.98 Å². The van der Waals surface area contributed by atoms with Crippen LogP contribution in [0, 0.1) is 13.8 Å². The lowest BCUT2D eigenvalue weighted by molar-refractivity contribution is 0.187. The molecule has 5 heteroatoms. The number of carbonyl (C=O) groups is 1. The van der Waals surface area contributed by atoms with Crippen molar-refractivity contribution in [2.24, 2.45) is 0 Å². The van der Waals surface area contributed by atoms with Crippen LogP contribution in [0.5, 0.6) is 0 Å². The first-order valence-corrected chi connectivity index (χ1v) is 6.24. The molecule has 1 aromatic carbocycles. The van der Waals surface area contributed by atoms with Crippen LogP contribution < -0.4 is 10.6 Å². The van der Waals surface area contributed by atoms with Crippen LogP contribution in [0.15, 0.2) is 36.5 Å². The molecule has 2 rings (SSSR count). The van der Waals surface area contributed by atoms with Gasteiger partial charge >= 0.3 is 6.09 Å². The fraction of sp³-hybridized carbons (Fsp3) is 0.200. The number of amides is 1. The van der Waals surface area contributed by atoms with Crippen LogP contribution in [0.3, 0.4) is 0 Å². The third kappa shape index (κ3) is 3.47. The second kappa shape index (κ2) is 6.06. The van der Waals surface area contributed by atoms with Crippen molar-refractivity contribution in [2.75, 3.05) is 17.7 Å². The Morgan fingerprint density at radius 3 is 2.65 bits per heavy atom. The molecule has 2 N–H and O–H groups in total. The molecule has 0 bridgehead atoms. The molecule has 104 valence electrons. The van der Waals surface area contributed by atoms with Crippen molar-refractivity contribution in [3.05, 3.63) is 47.7 Å². The smallest absolute Gasteiger partial charge is 0.412 e. The van der Waals surface area contributed by atoms with Crippen LogP contribution in [0.25, 0.3) is 0 Å². The molecule has 0 aliphatic carbocycles.